The van der Waals surface area contributed by atoms with Gasteiger partial charge in [-0.2, -0.15) is 0 Å². The molecule has 0 unspecified atom stereocenters. The topological polar surface area (TPSA) is 83.6 Å². The van der Waals surface area contributed by atoms with Crippen LogP contribution in [0, 0.1) is 12.7 Å². The molecular weight excluding hydrogens is 229 g/mol. The third kappa shape index (κ3) is 1.96. The van der Waals surface area contributed by atoms with E-state index >= 15 is 0 Å². The average molecular weight is 237 g/mol. The molecule has 17 heavy (non-hydrogen) atoms. The van der Waals surface area contributed by atoms with Crippen LogP contribution in [0.25, 0.3) is 11.3 Å². The van der Waals surface area contributed by atoms with Crippen LogP contribution in [0.15, 0.2) is 22.7 Å². The molecule has 1 heterocycles. The fourth-order valence-corrected chi connectivity index (χ4v) is 1.43. The number of aromatic nitrogens is 1. The van der Waals surface area contributed by atoms with E-state index in [-0.39, 0.29) is 17.0 Å². The van der Waals surface area contributed by atoms with Crippen molar-refractivity contribution in [3.8, 4) is 17.0 Å². The highest BCUT2D eigenvalue weighted by atomic mass is 19.1. The summed E-state index contributed by atoms with van der Waals surface area (Å²) in [5, 5.41) is 21.6. The standard InChI is InChI=1S/C11H8FNO4/c1-5-2-6(10(14)7(12)3-5)8-4-9(11(15)16)17-13-8/h2-4,14H,1H3,(H,15,16). The monoisotopic (exact) mass is 237 g/mol. The minimum Gasteiger partial charge on any atom is -0.504 e. The van der Waals surface area contributed by atoms with Crippen LogP contribution in [0.2, 0.25) is 0 Å². The zero-order valence-corrected chi connectivity index (χ0v) is 8.77. The lowest BCUT2D eigenvalue weighted by Crippen LogP contribution is -1.91. The highest BCUT2D eigenvalue weighted by Gasteiger charge is 2.17. The third-order valence-electron chi connectivity index (χ3n) is 2.20. The Morgan fingerprint density at radius 3 is 2.71 bits per heavy atom. The predicted octanol–water partition coefficient (Wildman–Crippen LogP) is 2.19. The number of halogens is 1. The lowest BCUT2D eigenvalue weighted by Gasteiger charge is -2.03. The van der Waals surface area contributed by atoms with Crippen LogP contribution >= 0.6 is 0 Å². The highest BCUT2D eigenvalue weighted by Crippen LogP contribution is 2.32. The molecule has 1 aromatic heterocycles. The van der Waals surface area contributed by atoms with Crippen molar-refractivity contribution in [2.24, 2.45) is 0 Å². The van der Waals surface area contributed by atoms with Crippen molar-refractivity contribution in [1.29, 1.82) is 0 Å². The first-order chi connectivity index (χ1) is 7.99. The zero-order valence-electron chi connectivity index (χ0n) is 8.77. The molecule has 2 N–H and O–H groups in total. The van der Waals surface area contributed by atoms with Crippen LogP contribution in [0.5, 0.6) is 5.75 Å². The largest absolute Gasteiger partial charge is 0.504 e. The first kappa shape index (κ1) is 11.1. The van der Waals surface area contributed by atoms with Crippen molar-refractivity contribution in [2.45, 2.75) is 6.92 Å². The van der Waals surface area contributed by atoms with Gasteiger partial charge in [-0.25, -0.2) is 9.18 Å². The number of hydrogen-bond acceptors (Lipinski definition) is 4. The molecule has 0 aliphatic carbocycles. The van der Waals surface area contributed by atoms with E-state index in [1.807, 2.05) is 0 Å². The molecule has 0 saturated carbocycles. The second-order valence-corrected chi connectivity index (χ2v) is 3.52. The van der Waals surface area contributed by atoms with Gasteiger partial charge in [0, 0.05) is 11.6 Å². The summed E-state index contributed by atoms with van der Waals surface area (Å²) in [6, 6.07) is 3.77. The summed E-state index contributed by atoms with van der Waals surface area (Å²) >= 11 is 0. The molecule has 0 amide bonds. The molecule has 2 rings (SSSR count). The normalized spacial score (nSPS) is 10.5. The first-order valence-corrected chi connectivity index (χ1v) is 4.68. The van der Waals surface area contributed by atoms with Crippen LogP contribution in [0.1, 0.15) is 16.1 Å². The fourth-order valence-electron chi connectivity index (χ4n) is 1.43. The van der Waals surface area contributed by atoms with E-state index in [0.29, 0.717) is 5.56 Å². The molecular formula is C11H8FNO4. The third-order valence-corrected chi connectivity index (χ3v) is 2.20. The lowest BCUT2D eigenvalue weighted by molar-refractivity contribution is 0.0652. The van der Waals surface area contributed by atoms with Gasteiger partial charge in [0.1, 0.15) is 5.69 Å². The van der Waals surface area contributed by atoms with Gasteiger partial charge in [-0.1, -0.05) is 5.16 Å². The van der Waals surface area contributed by atoms with Gasteiger partial charge in [0.15, 0.2) is 11.6 Å². The lowest BCUT2D eigenvalue weighted by atomic mass is 10.1. The van der Waals surface area contributed by atoms with E-state index in [4.69, 9.17) is 5.11 Å². The number of hydrogen-bond donors (Lipinski definition) is 2. The second-order valence-electron chi connectivity index (χ2n) is 3.52. The first-order valence-electron chi connectivity index (χ1n) is 4.68. The number of carboxylic acids is 1. The molecule has 0 aliphatic heterocycles. The summed E-state index contributed by atoms with van der Waals surface area (Å²) in [5.41, 5.74) is 0.747. The predicted molar refractivity (Wildman–Crippen MR) is 55.3 cm³/mol. The smallest absolute Gasteiger partial charge is 0.374 e. The number of carbonyl (C=O) groups is 1. The fraction of sp³-hybridized carbons (Fsp3) is 0.0909. The molecule has 0 aliphatic rings. The zero-order chi connectivity index (χ0) is 12.6. The van der Waals surface area contributed by atoms with Gasteiger partial charge < -0.3 is 14.7 Å². The van der Waals surface area contributed by atoms with Crippen molar-refractivity contribution >= 4 is 5.97 Å². The molecule has 2 aromatic rings. The van der Waals surface area contributed by atoms with E-state index in [9.17, 15) is 14.3 Å². The Balaban J connectivity index is 2.56. The Bertz CT molecular complexity index is 591. The van der Waals surface area contributed by atoms with E-state index in [0.717, 1.165) is 12.1 Å². The minimum atomic E-state index is -1.28. The molecule has 0 atom stereocenters. The van der Waals surface area contributed by atoms with Gasteiger partial charge in [-0.3, -0.25) is 0 Å². The minimum absolute atomic E-state index is 0.0718. The maximum absolute atomic E-state index is 13.3. The van der Waals surface area contributed by atoms with Crippen LogP contribution in [-0.4, -0.2) is 21.3 Å². The molecule has 1 aromatic carbocycles. The van der Waals surface area contributed by atoms with Gasteiger partial charge in [-0.05, 0) is 24.6 Å². The van der Waals surface area contributed by atoms with E-state index in [1.54, 1.807) is 6.92 Å². The molecule has 0 spiro atoms. The number of benzene rings is 1. The summed E-state index contributed by atoms with van der Waals surface area (Å²) in [5.74, 6) is -3.03. The molecule has 0 saturated heterocycles. The Hall–Kier alpha value is -2.37. The van der Waals surface area contributed by atoms with Gasteiger partial charge in [-0.15, -0.1) is 0 Å². The van der Waals surface area contributed by atoms with Crippen molar-refractivity contribution in [2.75, 3.05) is 0 Å². The Morgan fingerprint density at radius 2 is 2.12 bits per heavy atom. The van der Waals surface area contributed by atoms with Crippen LogP contribution in [0.4, 0.5) is 4.39 Å². The van der Waals surface area contributed by atoms with Crippen LogP contribution < -0.4 is 0 Å². The molecule has 0 bridgehead atoms. The maximum Gasteiger partial charge on any atom is 0.374 e. The summed E-state index contributed by atoms with van der Waals surface area (Å²) < 4.78 is 17.8. The summed E-state index contributed by atoms with van der Waals surface area (Å²) in [6.07, 6.45) is 0. The molecule has 5 nitrogen and oxygen atoms in total. The second kappa shape index (κ2) is 3.89. The SMILES string of the molecule is Cc1cc(F)c(O)c(-c2cc(C(=O)O)on2)c1. The average Bonchev–Trinajstić information content (AvgIpc) is 2.72. The quantitative estimate of drug-likeness (QED) is 0.836. The summed E-state index contributed by atoms with van der Waals surface area (Å²) in [4.78, 5) is 10.6. The number of nitrogens with zero attached hydrogens (tertiary/aromatic N) is 1. The number of aromatic hydroxyl groups is 1. The Labute approximate surface area is 95.1 Å². The molecule has 0 fully saturated rings. The van der Waals surface area contributed by atoms with Crippen molar-refractivity contribution in [3.05, 3.63) is 35.3 Å². The number of phenols is 1. The molecule has 6 heteroatoms. The number of aryl methyl sites for hydroxylation is 1. The number of phenolic OH excluding ortho intramolecular Hbond substituents is 1. The van der Waals surface area contributed by atoms with Crippen LogP contribution in [-0.2, 0) is 0 Å². The Kier molecular flexibility index (Phi) is 2.55. The van der Waals surface area contributed by atoms with E-state index in [2.05, 4.69) is 9.68 Å². The number of rotatable bonds is 2. The summed E-state index contributed by atoms with van der Waals surface area (Å²) in [7, 11) is 0. The highest BCUT2D eigenvalue weighted by molar-refractivity contribution is 5.86. The van der Waals surface area contributed by atoms with Gasteiger partial charge in [0.2, 0.25) is 5.76 Å². The summed E-state index contributed by atoms with van der Waals surface area (Å²) in [6.45, 7) is 1.64. The van der Waals surface area contributed by atoms with Gasteiger partial charge >= 0.3 is 5.97 Å². The van der Waals surface area contributed by atoms with Gasteiger partial charge in [0.05, 0.1) is 0 Å². The molecule has 0 radical (unpaired) electrons. The Morgan fingerprint density at radius 1 is 1.41 bits per heavy atom. The van der Waals surface area contributed by atoms with Crippen molar-refractivity contribution in [3.63, 3.8) is 0 Å². The van der Waals surface area contributed by atoms with E-state index in [1.165, 1.54) is 6.07 Å². The van der Waals surface area contributed by atoms with Gasteiger partial charge in [0.25, 0.3) is 0 Å². The van der Waals surface area contributed by atoms with E-state index < -0.39 is 17.5 Å². The van der Waals surface area contributed by atoms with Crippen LogP contribution in [0.3, 0.4) is 0 Å². The van der Waals surface area contributed by atoms with Crippen molar-refractivity contribution in [1.82, 2.24) is 5.16 Å². The number of aromatic carboxylic acids is 1. The molecule has 88 valence electrons. The maximum atomic E-state index is 13.3. The number of carboxylic acid groups (broad SMARTS) is 1. The van der Waals surface area contributed by atoms with Crippen molar-refractivity contribution < 1.29 is 23.9 Å².